The van der Waals surface area contributed by atoms with Crippen molar-refractivity contribution < 1.29 is 19.4 Å². The summed E-state index contributed by atoms with van der Waals surface area (Å²) < 4.78 is 4.52. The molecule has 0 fully saturated rings. The number of ether oxygens (including phenoxy) is 1. The second-order valence-corrected chi connectivity index (χ2v) is 6.01. The SMILES string of the molecule is NCC(C(=O)Nc1ccc2cnccc2c1)c1ccc(COC(=O)O)cc1. The largest absolute Gasteiger partial charge is 0.506 e. The quantitative estimate of drug-likeness (QED) is 0.578. The summed E-state index contributed by atoms with van der Waals surface area (Å²) in [4.78, 5) is 27.2. The molecule has 7 heteroatoms. The van der Waals surface area contributed by atoms with E-state index in [0.29, 0.717) is 11.3 Å². The number of nitrogens with one attached hydrogen (secondary N) is 1. The molecule has 0 aliphatic carbocycles. The number of carbonyl (C=O) groups is 2. The first kappa shape index (κ1) is 18.3. The van der Waals surface area contributed by atoms with Gasteiger partial charge in [0, 0.05) is 30.0 Å². The molecule has 1 aromatic heterocycles. The van der Waals surface area contributed by atoms with Crippen molar-refractivity contribution in [1.29, 1.82) is 0 Å². The molecule has 1 amide bonds. The minimum Gasteiger partial charge on any atom is -0.450 e. The van der Waals surface area contributed by atoms with Crippen molar-refractivity contribution in [2.75, 3.05) is 11.9 Å². The summed E-state index contributed by atoms with van der Waals surface area (Å²) in [6, 6.07) is 14.4. The van der Waals surface area contributed by atoms with Crippen molar-refractivity contribution in [3.63, 3.8) is 0 Å². The topological polar surface area (TPSA) is 115 Å². The van der Waals surface area contributed by atoms with Gasteiger partial charge in [-0.2, -0.15) is 0 Å². The Labute approximate surface area is 155 Å². The highest BCUT2D eigenvalue weighted by Crippen LogP contribution is 2.21. The first-order valence-corrected chi connectivity index (χ1v) is 8.36. The number of benzene rings is 2. The lowest BCUT2D eigenvalue weighted by Crippen LogP contribution is -2.27. The number of anilines is 1. The zero-order valence-electron chi connectivity index (χ0n) is 14.5. The molecule has 1 heterocycles. The van der Waals surface area contributed by atoms with Crippen LogP contribution in [0.2, 0.25) is 0 Å². The number of carboxylic acid groups (broad SMARTS) is 1. The highest BCUT2D eigenvalue weighted by atomic mass is 16.7. The minimum atomic E-state index is -1.33. The van der Waals surface area contributed by atoms with E-state index in [1.807, 2.05) is 24.3 Å². The third-order valence-electron chi connectivity index (χ3n) is 4.20. The normalized spacial score (nSPS) is 11.7. The summed E-state index contributed by atoms with van der Waals surface area (Å²) in [5.41, 5.74) is 7.94. The van der Waals surface area contributed by atoms with E-state index in [9.17, 15) is 9.59 Å². The smallest absolute Gasteiger partial charge is 0.450 e. The zero-order chi connectivity index (χ0) is 19.2. The van der Waals surface area contributed by atoms with E-state index in [1.165, 1.54) is 0 Å². The van der Waals surface area contributed by atoms with Gasteiger partial charge in [-0.25, -0.2) is 4.79 Å². The predicted octanol–water partition coefficient (Wildman–Crippen LogP) is 3.11. The van der Waals surface area contributed by atoms with Crippen LogP contribution in [0.15, 0.2) is 60.9 Å². The second kappa shape index (κ2) is 8.29. The third-order valence-corrected chi connectivity index (χ3v) is 4.20. The maximum absolute atomic E-state index is 12.7. The Morgan fingerprint density at radius 1 is 1.11 bits per heavy atom. The van der Waals surface area contributed by atoms with E-state index in [0.717, 1.165) is 16.3 Å². The van der Waals surface area contributed by atoms with E-state index in [2.05, 4.69) is 15.0 Å². The van der Waals surface area contributed by atoms with Gasteiger partial charge >= 0.3 is 6.16 Å². The Bertz CT molecular complexity index is 957. The maximum atomic E-state index is 12.7. The number of hydrogen-bond donors (Lipinski definition) is 3. The molecule has 0 spiro atoms. The van der Waals surface area contributed by atoms with E-state index >= 15 is 0 Å². The molecular weight excluding hydrogens is 346 g/mol. The molecule has 1 atom stereocenters. The molecule has 7 nitrogen and oxygen atoms in total. The summed E-state index contributed by atoms with van der Waals surface area (Å²) in [6.45, 7) is 0.107. The van der Waals surface area contributed by atoms with Gasteiger partial charge in [-0.15, -0.1) is 0 Å². The highest BCUT2D eigenvalue weighted by molar-refractivity contribution is 5.98. The summed E-state index contributed by atoms with van der Waals surface area (Å²) >= 11 is 0. The first-order valence-electron chi connectivity index (χ1n) is 8.36. The lowest BCUT2D eigenvalue weighted by molar-refractivity contribution is -0.117. The molecule has 2 aromatic carbocycles. The number of carbonyl (C=O) groups excluding carboxylic acids is 1. The minimum absolute atomic E-state index is 0.0406. The van der Waals surface area contributed by atoms with Gasteiger partial charge in [0.05, 0.1) is 5.92 Å². The van der Waals surface area contributed by atoms with E-state index in [-0.39, 0.29) is 19.1 Å². The lowest BCUT2D eigenvalue weighted by Gasteiger charge is -2.16. The van der Waals surface area contributed by atoms with Crippen LogP contribution in [0, 0.1) is 0 Å². The van der Waals surface area contributed by atoms with Gasteiger partial charge in [0.1, 0.15) is 6.61 Å². The molecule has 0 saturated carbocycles. The molecular formula is C20H19N3O4. The molecule has 0 saturated heterocycles. The fraction of sp³-hybridized carbons (Fsp3) is 0.150. The number of nitrogens with two attached hydrogens (primary N) is 1. The van der Waals surface area contributed by atoms with Crippen LogP contribution < -0.4 is 11.1 Å². The average molecular weight is 365 g/mol. The number of amides is 1. The van der Waals surface area contributed by atoms with Crippen molar-refractivity contribution in [3.8, 4) is 0 Å². The molecule has 1 unspecified atom stereocenters. The Morgan fingerprint density at radius 3 is 2.59 bits per heavy atom. The monoisotopic (exact) mass is 365 g/mol. The fourth-order valence-electron chi connectivity index (χ4n) is 2.78. The number of pyridine rings is 1. The van der Waals surface area contributed by atoms with Gasteiger partial charge in [-0.05, 0) is 34.7 Å². The molecule has 27 heavy (non-hydrogen) atoms. The number of fused-ring (bicyclic) bond motifs is 1. The second-order valence-electron chi connectivity index (χ2n) is 6.01. The van der Waals surface area contributed by atoms with Crippen molar-refractivity contribution in [3.05, 3.63) is 72.1 Å². The maximum Gasteiger partial charge on any atom is 0.506 e. The number of nitrogens with zero attached hydrogens (tertiary/aromatic N) is 1. The Kier molecular flexibility index (Phi) is 5.63. The van der Waals surface area contributed by atoms with Gasteiger partial charge in [-0.3, -0.25) is 9.78 Å². The number of hydrogen-bond acceptors (Lipinski definition) is 5. The van der Waals surface area contributed by atoms with Crippen LogP contribution in [0.3, 0.4) is 0 Å². The molecule has 138 valence electrons. The average Bonchev–Trinajstić information content (AvgIpc) is 2.68. The van der Waals surface area contributed by atoms with Crippen molar-refractivity contribution in [2.24, 2.45) is 5.73 Å². The number of aromatic nitrogens is 1. The van der Waals surface area contributed by atoms with Crippen LogP contribution in [0.25, 0.3) is 10.8 Å². The number of rotatable bonds is 6. The van der Waals surface area contributed by atoms with E-state index < -0.39 is 12.1 Å². The summed E-state index contributed by atoms with van der Waals surface area (Å²) in [5, 5.41) is 13.4. The van der Waals surface area contributed by atoms with Crippen LogP contribution >= 0.6 is 0 Å². The van der Waals surface area contributed by atoms with Gasteiger partial charge in [0.15, 0.2) is 0 Å². The molecule has 0 aliphatic rings. The van der Waals surface area contributed by atoms with Crippen molar-refractivity contribution in [2.45, 2.75) is 12.5 Å². The molecule has 0 aliphatic heterocycles. The summed E-state index contributed by atoms with van der Waals surface area (Å²) in [6.07, 6.45) is 2.13. The lowest BCUT2D eigenvalue weighted by atomic mass is 9.97. The standard InChI is InChI=1S/C20H19N3O4/c21-10-18(14-3-1-13(2-4-14)12-27-20(25)26)19(24)23-17-6-5-16-11-22-8-7-15(16)9-17/h1-9,11,18H,10,12,21H2,(H,23,24)(H,25,26). The molecule has 3 rings (SSSR count). The summed E-state index contributed by atoms with van der Waals surface area (Å²) in [5.74, 6) is -0.729. The Balaban J connectivity index is 1.72. The van der Waals surface area contributed by atoms with Gasteiger partial charge in [0.2, 0.25) is 5.91 Å². The fourth-order valence-corrected chi connectivity index (χ4v) is 2.78. The molecule has 0 bridgehead atoms. The van der Waals surface area contributed by atoms with Crippen LogP contribution in [-0.4, -0.2) is 28.7 Å². The molecule has 0 radical (unpaired) electrons. The van der Waals surface area contributed by atoms with Crippen molar-refractivity contribution in [1.82, 2.24) is 4.98 Å². The summed E-state index contributed by atoms with van der Waals surface area (Å²) in [7, 11) is 0. The zero-order valence-corrected chi connectivity index (χ0v) is 14.5. The Hall–Kier alpha value is -3.45. The Morgan fingerprint density at radius 2 is 1.89 bits per heavy atom. The van der Waals surface area contributed by atoms with Gasteiger partial charge in [-0.1, -0.05) is 30.3 Å². The van der Waals surface area contributed by atoms with E-state index in [4.69, 9.17) is 10.8 Å². The molecule has 3 aromatic rings. The predicted molar refractivity (Wildman–Crippen MR) is 101 cm³/mol. The molecule has 4 N–H and O–H groups in total. The third kappa shape index (κ3) is 4.59. The first-order chi connectivity index (χ1) is 13.1. The van der Waals surface area contributed by atoms with Gasteiger partial charge < -0.3 is 20.9 Å². The van der Waals surface area contributed by atoms with Crippen LogP contribution in [-0.2, 0) is 16.1 Å². The van der Waals surface area contributed by atoms with E-state index in [1.54, 1.807) is 36.7 Å². The van der Waals surface area contributed by atoms with Crippen LogP contribution in [0.4, 0.5) is 10.5 Å². The highest BCUT2D eigenvalue weighted by Gasteiger charge is 2.19. The van der Waals surface area contributed by atoms with Gasteiger partial charge in [0.25, 0.3) is 0 Å². The van der Waals surface area contributed by atoms with Crippen LogP contribution in [0.1, 0.15) is 17.0 Å². The van der Waals surface area contributed by atoms with Crippen molar-refractivity contribution >= 4 is 28.5 Å². The van der Waals surface area contributed by atoms with Crippen LogP contribution in [0.5, 0.6) is 0 Å².